The van der Waals surface area contributed by atoms with Crippen LogP contribution in [0.25, 0.3) is 11.0 Å². The Morgan fingerprint density at radius 2 is 1.76 bits per heavy atom. The maximum atomic E-state index is 14.9. The lowest BCUT2D eigenvalue weighted by molar-refractivity contribution is -0.121. The summed E-state index contributed by atoms with van der Waals surface area (Å²) in [6, 6.07) is 18.3. The fourth-order valence-electron chi connectivity index (χ4n) is 5.78. The molecule has 3 aromatic carbocycles. The highest BCUT2D eigenvalue weighted by Crippen LogP contribution is 2.54. The minimum absolute atomic E-state index is 0.0201. The highest BCUT2D eigenvalue weighted by atomic mass is 32.1. The second-order valence-corrected chi connectivity index (χ2v) is 11.6. The van der Waals surface area contributed by atoms with Crippen LogP contribution in [0.2, 0.25) is 0 Å². The fraction of sp³-hybridized carbons (Fsp3) is 0.194. The van der Waals surface area contributed by atoms with Crippen LogP contribution in [0.4, 0.5) is 15.2 Å². The predicted octanol–water partition coefficient (Wildman–Crippen LogP) is 5.67. The number of aryl methyl sites for hydroxylation is 1. The molecule has 0 bridgehead atoms. The highest BCUT2D eigenvalue weighted by molar-refractivity contribution is 7.15. The Kier molecular flexibility index (Phi) is 5.49. The molecule has 41 heavy (non-hydrogen) atoms. The quantitative estimate of drug-likeness (QED) is 0.278. The molecule has 0 saturated carbocycles. The molecule has 0 N–H and O–H groups in total. The van der Waals surface area contributed by atoms with E-state index in [1.165, 1.54) is 27.2 Å². The monoisotopic (exact) mass is 566 g/mol. The molecule has 204 valence electrons. The third-order valence-corrected chi connectivity index (χ3v) is 8.89. The molecule has 1 unspecified atom stereocenters. The Bertz CT molecular complexity index is 1980. The van der Waals surface area contributed by atoms with Crippen molar-refractivity contribution in [2.24, 2.45) is 0 Å². The highest BCUT2D eigenvalue weighted by Gasteiger charge is 2.66. The van der Waals surface area contributed by atoms with Gasteiger partial charge >= 0.3 is 0 Å². The first-order valence-corrected chi connectivity index (χ1v) is 14.0. The van der Waals surface area contributed by atoms with Gasteiger partial charge in [0.25, 0.3) is 11.8 Å². The lowest BCUT2D eigenvalue weighted by atomic mass is 9.84. The number of aromatic nitrogens is 2. The van der Waals surface area contributed by atoms with Crippen molar-refractivity contribution in [2.45, 2.75) is 38.8 Å². The number of benzene rings is 3. The number of hydrogen-bond donors (Lipinski definition) is 0. The molecular weight excluding hydrogens is 543 g/mol. The molecule has 5 aromatic rings. The second kappa shape index (κ2) is 8.90. The Morgan fingerprint density at radius 1 is 1.00 bits per heavy atom. The third-order valence-electron chi connectivity index (χ3n) is 7.68. The Hall–Kier alpha value is -4.70. The molecule has 1 atom stereocenters. The summed E-state index contributed by atoms with van der Waals surface area (Å²) in [5, 5.41) is 9.68. The van der Waals surface area contributed by atoms with Crippen molar-refractivity contribution in [3.63, 3.8) is 0 Å². The topological polar surface area (TPSA) is 96.6 Å². The summed E-state index contributed by atoms with van der Waals surface area (Å²) in [6.45, 7) is 5.65. The minimum atomic E-state index is -1.92. The summed E-state index contributed by atoms with van der Waals surface area (Å²) >= 11 is 1.18. The van der Waals surface area contributed by atoms with Crippen molar-refractivity contribution in [3.8, 4) is 0 Å². The van der Waals surface area contributed by atoms with Gasteiger partial charge in [-0.3, -0.25) is 19.3 Å². The molecule has 2 aliphatic heterocycles. The van der Waals surface area contributed by atoms with Gasteiger partial charge in [-0.1, -0.05) is 73.2 Å². The van der Waals surface area contributed by atoms with Gasteiger partial charge in [0.1, 0.15) is 16.4 Å². The molecule has 2 aromatic heterocycles. The summed E-state index contributed by atoms with van der Waals surface area (Å²) in [6.07, 6.45) is 0. The maximum Gasteiger partial charge on any atom is 0.297 e. The van der Waals surface area contributed by atoms with Crippen molar-refractivity contribution < 1.29 is 18.4 Å². The minimum Gasteiger partial charge on any atom is -0.450 e. The number of amides is 2. The van der Waals surface area contributed by atoms with E-state index in [9.17, 15) is 18.8 Å². The summed E-state index contributed by atoms with van der Waals surface area (Å²) in [5.41, 5.74) is -0.237. The molecular formula is C31H23FN4O4S. The standard InChI is InChI=1S/C31H23FN4O4S/c1-16(2)27-33-34-30(41-27)36-28(38)26-24(25(37)19-14-17(3)12-13-23(19)40-26)31(36)20-9-5-7-11-22(20)35(29(31)39)15-18-8-4-6-10-21(18)32/h4-14,16H,15H2,1-3H3. The average molecular weight is 567 g/mol. The van der Waals surface area contributed by atoms with Crippen LogP contribution in [0.3, 0.4) is 0 Å². The predicted molar refractivity (Wildman–Crippen MR) is 153 cm³/mol. The molecule has 4 heterocycles. The number of carbonyl (C=O) groups excluding carboxylic acids is 2. The van der Waals surface area contributed by atoms with Gasteiger partial charge in [-0.2, -0.15) is 0 Å². The molecule has 2 aliphatic rings. The van der Waals surface area contributed by atoms with Crippen LogP contribution in [0.1, 0.15) is 57.6 Å². The molecule has 7 rings (SSSR count). The molecule has 10 heteroatoms. The van der Waals surface area contributed by atoms with E-state index >= 15 is 0 Å². The van der Waals surface area contributed by atoms with Crippen LogP contribution in [0.15, 0.2) is 75.9 Å². The van der Waals surface area contributed by atoms with E-state index in [4.69, 9.17) is 4.42 Å². The van der Waals surface area contributed by atoms with Gasteiger partial charge in [0, 0.05) is 17.0 Å². The fourth-order valence-corrected chi connectivity index (χ4v) is 6.68. The van der Waals surface area contributed by atoms with Gasteiger partial charge in [-0.25, -0.2) is 4.39 Å². The maximum absolute atomic E-state index is 14.9. The molecule has 0 radical (unpaired) electrons. The van der Waals surface area contributed by atoms with E-state index < -0.39 is 28.6 Å². The molecule has 1 spiro atoms. The van der Waals surface area contributed by atoms with E-state index in [-0.39, 0.29) is 39.9 Å². The first-order valence-electron chi connectivity index (χ1n) is 13.1. The van der Waals surface area contributed by atoms with E-state index in [2.05, 4.69) is 10.2 Å². The number of anilines is 2. The third kappa shape index (κ3) is 3.40. The zero-order valence-electron chi connectivity index (χ0n) is 22.3. The Balaban J connectivity index is 1.56. The molecule has 8 nitrogen and oxygen atoms in total. The summed E-state index contributed by atoms with van der Waals surface area (Å²) in [5.74, 6) is -1.91. The van der Waals surface area contributed by atoms with Gasteiger partial charge in [0.2, 0.25) is 10.9 Å². The van der Waals surface area contributed by atoms with Crippen molar-refractivity contribution in [1.29, 1.82) is 0 Å². The van der Waals surface area contributed by atoms with Crippen LogP contribution in [-0.4, -0.2) is 22.0 Å². The van der Waals surface area contributed by atoms with Crippen molar-refractivity contribution in [3.05, 3.63) is 116 Å². The molecule has 0 fully saturated rings. The average Bonchev–Trinajstić information content (AvgIpc) is 3.61. The van der Waals surface area contributed by atoms with Gasteiger partial charge in [-0.15, -0.1) is 10.2 Å². The summed E-state index contributed by atoms with van der Waals surface area (Å²) in [7, 11) is 0. The van der Waals surface area contributed by atoms with E-state index in [0.717, 1.165) is 5.56 Å². The lowest BCUT2D eigenvalue weighted by Crippen LogP contribution is -2.53. The van der Waals surface area contributed by atoms with Crippen LogP contribution >= 0.6 is 11.3 Å². The molecule has 0 aliphatic carbocycles. The number of fused-ring (bicyclic) bond motifs is 5. The molecule has 2 amide bonds. The van der Waals surface area contributed by atoms with Crippen molar-refractivity contribution >= 4 is 44.9 Å². The van der Waals surface area contributed by atoms with E-state index in [1.807, 2.05) is 20.8 Å². The smallest absolute Gasteiger partial charge is 0.297 e. The van der Waals surface area contributed by atoms with Crippen molar-refractivity contribution in [2.75, 3.05) is 9.80 Å². The number of rotatable bonds is 4. The summed E-state index contributed by atoms with van der Waals surface area (Å²) in [4.78, 5) is 46.2. The second-order valence-electron chi connectivity index (χ2n) is 10.6. The van der Waals surface area contributed by atoms with Crippen LogP contribution in [-0.2, 0) is 16.9 Å². The van der Waals surface area contributed by atoms with Gasteiger partial charge in [-0.05, 0) is 31.2 Å². The normalized spacial score (nSPS) is 17.8. The number of nitrogens with zero attached hydrogens (tertiary/aromatic N) is 4. The first kappa shape index (κ1) is 25.3. The van der Waals surface area contributed by atoms with Gasteiger partial charge in [0.05, 0.1) is 23.2 Å². The first-order chi connectivity index (χ1) is 19.7. The Morgan fingerprint density at radius 3 is 2.51 bits per heavy atom. The zero-order valence-corrected chi connectivity index (χ0v) is 23.2. The van der Waals surface area contributed by atoms with Gasteiger partial charge < -0.3 is 9.32 Å². The Labute approximate surface area is 237 Å². The lowest BCUT2D eigenvalue weighted by Gasteiger charge is -2.32. The number of halogens is 1. The number of para-hydroxylation sites is 1. The largest absolute Gasteiger partial charge is 0.450 e. The van der Waals surface area contributed by atoms with E-state index in [0.29, 0.717) is 21.8 Å². The van der Waals surface area contributed by atoms with Crippen LogP contribution in [0.5, 0.6) is 0 Å². The van der Waals surface area contributed by atoms with Crippen LogP contribution < -0.4 is 15.2 Å². The number of carbonyl (C=O) groups is 2. The van der Waals surface area contributed by atoms with Crippen LogP contribution in [0, 0.1) is 12.7 Å². The summed E-state index contributed by atoms with van der Waals surface area (Å²) < 4.78 is 20.9. The number of hydrogen-bond acceptors (Lipinski definition) is 7. The zero-order chi connectivity index (χ0) is 28.6. The van der Waals surface area contributed by atoms with Crippen molar-refractivity contribution in [1.82, 2.24) is 10.2 Å². The molecule has 0 saturated heterocycles. The van der Waals surface area contributed by atoms with Gasteiger partial charge in [0.15, 0.2) is 11.0 Å². The SMILES string of the molecule is Cc1ccc2oc3c(c(=O)c2c1)C1(C(=O)N(Cc2ccccc2F)c2ccccc21)N(c1nnc(C(C)C)s1)C3=O. The van der Waals surface area contributed by atoms with E-state index in [1.54, 1.807) is 60.7 Å².